The van der Waals surface area contributed by atoms with Crippen molar-refractivity contribution in [2.45, 2.75) is 42.7 Å². The van der Waals surface area contributed by atoms with E-state index < -0.39 is 28.5 Å². The fraction of sp³-hybridized carbons (Fsp3) is 0.462. The molecule has 1 N–H and O–H groups in total. The predicted molar refractivity (Wildman–Crippen MR) is 138 cm³/mol. The second-order valence-electron chi connectivity index (χ2n) is 10.2. The van der Waals surface area contributed by atoms with Gasteiger partial charge in [-0.25, -0.2) is 17.2 Å². The van der Waals surface area contributed by atoms with E-state index in [4.69, 9.17) is 4.74 Å². The monoisotopic (exact) mass is 545 g/mol. The Morgan fingerprint density at radius 3 is 2.71 bits per heavy atom. The highest BCUT2D eigenvalue weighted by Crippen LogP contribution is 2.40. The number of alkyl halides is 2. The number of anilines is 1. The molecule has 0 bridgehead atoms. The summed E-state index contributed by atoms with van der Waals surface area (Å²) in [6.07, 6.45) is 1.83. The van der Waals surface area contributed by atoms with E-state index in [2.05, 4.69) is 9.97 Å². The first-order chi connectivity index (χ1) is 18.1. The van der Waals surface area contributed by atoms with E-state index in [1.165, 1.54) is 16.4 Å². The SMILES string of the molecule is C[C@@H]1COCCN1C(=O)[C@@H]1CCN1S(=O)(=O)c1ccc(N2CCC(F)(F)C2)c(-c2cc3ncccc3[nH]2)c1. The molecule has 5 heterocycles. The van der Waals surface area contributed by atoms with Crippen molar-refractivity contribution in [3.63, 3.8) is 0 Å². The van der Waals surface area contributed by atoms with Crippen molar-refractivity contribution in [3.8, 4) is 11.3 Å². The summed E-state index contributed by atoms with van der Waals surface area (Å²) >= 11 is 0. The molecule has 0 spiro atoms. The number of sulfonamides is 1. The third-order valence-electron chi connectivity index (χ3n) is 7.67. The molecular weight excluding hydrogens is 516 g/mol. The van der Waals surface area contributed by atoms with E-state index in [-0.39, 0.29) is 36.4 Å². The van der Waals surface area contributed by atoms with Crippen molar-refractivity contribution in [2.24, 2.45) is 0 Å². The molecule has 6 rings (SSSR count). The van der Waals surface area contributed by atoms with E-state index in [9.17, 15) is 22.0 Å². The molecule has 3 aliphatic rings. The van der Waals surface area contributed by atoms with Crippen LogP contribution in [0.3, 0.4) is 0 Å². The van der Waals surface area contributed by atoms with Crippen LogP contribution in [0.15, 0.2) is 47.5 Å². The summed E-state index contributed by atoms with van der Waals surface area (Å²) in [5.41, 5.74) is 3.03. The fourth-order valence-corrected chi connectivity index (χ4v) is 7.14. The standard InChI is InChI=1S/C26H29F2N5O4S/c1-17-15-37-12-11-32(17)25(34)24-6-9-33(24)38(35,36)18-4-5-23(31-10-7-26(27,28)16-31)19(13-18)21-14-22-20(30-21)3-2-8-29-22/h2-5,8,13-14,17,24,30H,6-7,9-12,15-16H2,1H3/t17-,24+/m1/s1. The second-order valence-corrected chi connectivity index (χ2v) is 12.1. The Morgan fingerprint density at radius 2 is 2.03 bits per heavy atom. The van der Waals surface area contributed by atoms with Crippen LogP contribution >= 0.6 is 0 Å². The number of halogens is 2. The van der Waals surface area contributed by atoms with Gasteiger partial charge in [-0.15, -0.1) is 0 Å². The number of fused-ring (bicyclic) bond motifs is 1. The minimum Gasteiger partial charge on any atom is -0.377 e. The van der Waals surface area contributed by atoms with Crippen molar-refractivity contribution >= 4 is 32.7 Å². The van der Waals surface area contributed by atoms with E-state index in [1.807, 2.05) is 13.0 Å². The zero-order valence-electron chi connectivity index (χ0n) is 20.9. The van der Waals surface area contributed by atoms with Gasteiger partial charge in [0.2, 0.25) is 15.9 Å². The molecule has 2 aromatic heterocycles. The van der Waals surface area contributed by atoms with Crippen LogP contribution in [0.25, 0.3) is 22.3 Å². The van der Waals surface area contributed by atoms with Crippen LogP contribution in [0.2, 0.25) is 0 Å². The van der Waals surface area contributed by atoms with Gasteiger partial charge in [-0.1, -0.05) is 0 Å². The summed E-state index contributed by atoms with van der Waals surface area (Å²) in [6, 6.07) is 9.07. The molecule has 1 amide bonds. The van der Waals surface area contributed by atoms with Crippen LogP contribution < -0.4 is 4.90 Å². The molecule has 3 aliphatic heterocycles. The predicted octanol–water partition coefficient (Wildman–Crippen LogP) is 3.09. The number of hydrogen-bond donors (Lipinski definition) is 1. The van der Waals surface area contributed by atoms with Crippen LogP contribution in [-0.2, 0) is 19.6 Å². The molecule has 202 valence electrons. The lowest BCUT2D eigenvalue weighted by Gasteiger charge is -2.43. The topological polar surface area (TPSA) is 98.8 Å². The lowest BCUT2D eigenvalue weighted by Crippen LogP contribution is -2.61. The maximum atomic E-state index is 14.1. The van der Waals surface area contributed by atoms with Crippen LogP contribution in [-0.4, -0.2) is 90.9 Å². The van der Waals surface area contributed by atoms with Crippen molar-refractivity contribution in [1.82, 2.24) is 19.2 Å². The molecule has 12 heteroatoms. The second kappa shape index (κ2) is 9.28. The summed E-state index contributed by atoms with van der Waals surface area (Å²) in [6.45, 7) is 3.12. The van der Waals surface area contributed by atoms with Crippen LogP contribution in [0.5, 0.6) is 0 Å². The maximum Gasteiger partial charge on any atom is 0.266 e. The number of nitrogens with zero attached hydrogens (tertiary/aromatic N) is 4. The first kappa shape index (κ1) is 25.2. The van der Waals surface area contributed by atoms with Crippen molar-refractivity contribution in [3.05, 3.63) is 42.6 Å². The number of ether oxygens (including phenoxy) is 1. The molecule has 0 unspecified atom stereocenters. The zero-order valence-corrected chi connectivity index (χ0v) is 21.8. The number of H-pyrrole nitrogens is 1. The highest BCUT2D eigenvalue weighted by Gasteiger charge is 2.46. The summed E-state index contributed by atoms with van der Waals surface area (Å²) in [5, 5.41) is 0. The van der Waals surface area contributed by atoms with Gasteiger partial charge in [0.25, 0.3) is 5.92 Å². The largest absolute Gasteiger partial charge is 0.377 e. The molecule has 3 aromatic rings. The van der Waals surface area contributed by atoms with Gasteiger partial charge >= 0.3 is 0 Å². The maximum absolute atomic E-state index is 14.1. The number of hydrogen-bond acceptors (Lipinski definition) is 6. The summed E-state index contributed by atoms with van der Waals surface area (Å²) < 4.78 is 62.4. The lowest BCUT2D eigenvalue weighted by molar-refractivity contribution is -0.146. The highest BCUT2D eigenvalue weighted by molar-refractivity contribution is 7.89. The number of nitrogens with one attached hydrogen (secondary N) is 1. The first-order valence-corrected chi connectivity index (χ1v) is 14.2. The number of carbonyl (C=O) groups excluding carboxylic acids is 1. The summed E-state index contributed by atoms with van der Waals surface area (Å²) in [5.74, 6) is -3.03. The minimum atomic E-state index is -4.02. The minimum absolute atomic E-state index is 0.0151. The number of carbonyl (C=O) groups is 1. The average Bonchev–Trinajstić information content (AvgIpc) is 3.45. The Balaban J connectivity index is 1.36. The number of pyridine rings is 1. The van der Waals surface area contributed by atoms with Crippen LogP contribution in [0.4, 0.5) is 14.5 Å². The van der Waals surface area contributed by atoms with Crippen molar-refractivity contribution in [2.75, 3.05) is 44.3 Å². The third kappa shape index (κ3) is 4.34. The molecule has 1 aromatic carbocycles. The van der Waals surface area contributed by atoms with Gasteiger partial charge in [0, 0.05) is 43.5 Å². The number of benzene rings is 1. The van der Waals surface area contributed by atoms with E-state index in [1.54, 1.807) is 34.2 Å². The van der Waals surface area contributed by atoms with Crippen LogP contribution in [0, 0.1) is 0 Å². The van der Waals surface area contributed by atoms with Gasteiger partial charge in [0.1, 0.15) is 6.04 Å². The molecule has 3 saturated heterocycles. The smallest absolute Gasteiger partial charge is 0.266 e. The van der Waals surface area contributed by atoms with E-state index >= 15 is 0 Å². The number of rotatable bonds is 5. The normalized spacial score (nSPS) is 24.1. The van der Waals surface area contributed by atoms with Gasteiger partial charge < -0.3 is 19.5 Å². The van der Waals surface area contributed by atoms with Crippen LogP contribution in [0.1, 0.15) is 19.8 Å². The molecule has 0 saturated carbocycles. The fourth-order valence-electron chi connectivity index (χ4n) is 5.49. The van der Waals surface area contributed by atoms with Crippen molar-refractivity contribution < 1.29 is 26.7 Å². The van der Waals surface area contributed by atoms with Gasteiger partial charge in [-0.3, -0.25) is 9.78 Å². The number of morpholine rings is 1. The highest BCUT2D eigenvalue weighted by atomic mass is 32.2. The number of aromatic nitrogens is 2. The molecule has 9 nitrogen and oxygen atoms in total. The summed E-state index contributed by atoms with van der Waals surface area (Å²) in [4.78, 5) is 24.1. The van der Waals surface area contributed by atoms with E-state index in [0.717, 1.165) is 5.52 Å². The molecule has 3 fully saturated rings. The average molecular weight is 546 g/mol. The Morgan fingerprint density at radius 1 is 1.18 bits per heavy atom. The zero-order chi connectivity index (χ0) is 26.7. The van der Waals surface area contributed by atoms with Gasteiger partial charge in [0.05, 0.1) is 47.4 Å². The Hall–Kier alpha value is -3.09. The molecule has 2 atom stereocenters. The molecule has 0 aliphatic carbocycles. The van der Waals surface area contributed by atoms with Gasteiger partial charge in [-0.05, 0) is 49.7 Å². The van der Waals surface area contributed by atoms with Gasteiger partial charge in [-0.2, -0.15) is 4.31 Å². The third-order valence-corrected chi connectivity index (χ3v) is 9.57. The molecule has 0 radical (unpaired) electrons. The number of aromatic amines is 1. The Bertz CT molecular complexity index is 1460. The van der Waals surface area contributed by atoms with E-state index in [0.29, 0.717) is 48.6 Å². The quantitative estimate of drug-likeness (QED) is 0.529. The Kier molecular flexibility index (Phi) is 6.15. The van der Waals surface area contributed by atoms with Gasteiger partial charge in [0.15, 0.2) is 0 Å². The molecule has 38 heavy (non-hydrogen) atoms. The Labute approximate surface area is 219 Å². The first-order valence-electron chi connectivity index (χ1n) is 12.8. The van der Waals surface area contributed by atoms with Crippen molar-refractivity contribution in [1.29, 1.82) is 0 Å². The number of amides is 1. The summed E-state index contributed by atoms with van der Waals surface area (Å²) in [7, 11) is -4.02. The molecular formula is C26H29F2N5O4S. The lowest BCUT2D eigenvalue weighted by atomic mass is 10.0.